The maximum Gasteiger partial charge on any atom is 0.330 e. The first-order chi connectivity index (χ1) is 8.26. The maximum atomic E-state index is 11.2. The Bertz CT molecular complexity index is 371. The van der Waals surface area contributed by atoms with Crippen molar-refractivity contribution in [2.24, 2.45) is 5.73 Å². The van der Waals surface area contributed by atoms with Crippen LogP contribution in [0.3, 0.4) is 0 Å². The van der Waals surface area contributed by atoms with Gasteiger partial charge in [-0.1, -0.05) is 12.1 Å². The van der Waals surface area contributed by atoms with E-state index in [1.807, 2.05) is 24.3 Å². The zero-order chi connectivity index (χ0) is 12.5. The monoisotopic (exact) mass is 235 g/mol. The Hall–Kier alpha value is -1.81. The summed E-state index contributed by atoms with van der Waals surface area (Å²) in [5.41, 5.74) is 6.20. The molecule has 17 heavy (non-hydrogen) atoms. The SMILES string of the molecule is COc1ccc(/C=C/C(=O)OCCCN)cc1. The van der Waals surface area contributed by atoms with Gasteiger partial charge in [-0.05, 0) is 36.7 Å². The molecule has 0 aromatic heterocycles. The summed E-state index contributed by atoms with van der Waals surface area (Å²) in [6.07, 6.45) is 3.78. The molecule has 0 amide bonds. The lowest BCUT2D eigenvalue weighted by Crippen LogP contribution is -2.07. The lowest BCUT2D eigenvalue weighted by molar-refractivity contribution is -0.137. The van der Waals surface area contributed by atoms with Crippen LogP contribution in [0.15, 0.2) is 30.3 Å². The Morgan fingerprint density at radius 2 is 2.06 bits per heavy atom. The fraction of sp³-hybridized carbons (Fsp3) is 0.308. The molecule has 1 aromatic carbocycles. The molecule has 4 heteroatoms. The van der Waals surface area contributed by atoms with E-state index in [9.17, 15) is 4.79 Å². The number of hydrogen-bond donors (Lipinski definition) is 1. The maximum absolute atomic E-state index is 11.2. The van der Waals surface area contributed by atoms with Gasteiger partial charge in [-0.2, -0.15) is 0 Å². The third-order valence-corrected chi connectivity index (χ3v) is 2.12. The standard InChI is InChI=1S/C13H17NO3/c1-16-12-6-3-11(4-7-12)5-8-13(15)17-10-2-9-14/h3-8H,2,9-10,14H2,1H3/b8-5+. The van der Waals surface area contributed by atoms with Gasteiger partial charge in [0.1, 0.15) is 5.75 Å². The Morgan fingerprint density at radius 3 is 2.65 bits per heavy atom. The summed E-state index contributed by atoms with van der Waals surface area (Å²) in [7, 11) is 1.61. The van der Waals surface area contributed by atoms with E-state index in [2.05, 4.69) is 0 Å². The smallest absolute Gasteiger partial charge is 0.330 e. The van der Waals surface area contributed by atoms with Gasteiger partial charge < -0.3 is 15.2 Å². The average molecular weight is 235 g/mol. The molecule has 0 aliphatic carbocycles. The van der Waals surface area contributed by atoms with E-state index >= 15 is 0 Å². The van der Waals surface area contributed by atoms with E-state index in [0.29, 0.717) is 19.6 Å². The molecule has 2 N–H and O–H groups in total. The number of rotatable bonds is 6. The number of benzene rings is 1. The van der Waals surface area contributed by atoms with Crippen molar-refractivity contribution in [1.82, 2.24) is 0 Å². The molecule has 0 heterocycles. The molecular weight excluding hydrogens is 218 g/mol. The summed E-state index contributed by atoms with van der Waals surface area (Å²) in [6, 6.07) is 7.39. The third kappa shape index (κ3) is 5.17. The first kappa shape index (κ1) is 13.3. The van der Waals surface area contributed by atoms with Crippen molar-refractivity contribution < 1.29 is 14.3 Å². The first-order valence-corrected chi connectivity index (χ1v) is 5.45. The van der Waals surface area contributed by atoms with Crippen molar-refractivity contribution in [3.8, 4) is 5.75 Å². The minimum Gasteiger partial charge on any atom is -0.497 e. The highest BCUT2D eigenvalue weighted by atomic mass is 16.5. The molecule has 0 aliphatic rings. The summed E-state index contributed by atoms with van der Waals surface area (Å²) in [4.78, 5) is 11.2. The number of esters is 1. The van der Waals surface area contributed by atoms with E-state index in [0.717, 1.165) is 11.3 Å². The number of hydrogen-bond acceptors (Lipinski definition) is 4. The second-order valence-electron chi connectivity index (χ2n) is 3.42. The molecule has 92 valence electrons. The Kier molecular flexibility index (Phi) is 5.82. The predicted molar refractivity (Wildman–Crippen MR) is 66.7 cm³/mol. The van der Waals surface area contributed by atoms with Gasteiger partial charge in [-0.15, -0.1) is 0 Å². The number of carbonyl (C=O) groups excluding carboxylic acids is 1. The van der Waals surface area contributed by atoms with E-state index in [1.54, 1.807) is 13.2 Å². The van der Waals surface area contributed by atoms with E-state index in [-0.39, 0.29) is 5.97 Å². The summed E-state index contributed by atoms with van der Waals surface area (Å²) in [6.45, 7) is 0.887. The van der Waals surface area contributed by atoms with Gasteiger partial charge in [0.25, 0.3) is 0 Å². The van der Waals surface area contributed by atoms with E-state index in [1.165, 1.54) is 6.08 Å². The molecule has 0 unspecified atom stereocenters. The Morgan fingerprint density at radius 1 is 1.35 bits per heavy atom. The van der Waals surface area contributed by atoms with Gasteiger partial charge in [0.15, 0.2) is 0 Å². The normalized spacial score (nSPS) is 10.5. The van der Waals surface area contributed by atoms with Crippen LogP contribution >= 0.6 is 0 Å². The summed E-state index contributed by atoms with van der Waals surface area (Å²) < 4.78 is 9.95. The fourth-order valence-electron chi connectivity index (χ4n) is 1.18. The van der Waals surface area contributed by atoms with Crippen molar-refractivity contribution in [3.63, 3.8) is 0 Å². The van der Waals surface area contributed by atoms with Crippen LogP contribution < -0.4 is 10.5 Å². The lowest BCUT2D eigenvalue weighted by Gasteiger charge is -2.00. The van der Waals surface area contributed by atoms with Gasteiger partial charge in [0, 0.05) is 6.08 Å². The Balaban J connectivity index is 2.43. The van der Waals surface area contributed by atoms with Gasteiger partial charge in [-0.25, -0.2) is 4.79 Å². The third-order valence-electron chi connectivity index (χ3n) is 2.12. The lowest BCUT2D eigenvalue weighted by atomic mass is 10.2. The molecule has 0 saturated heterocycles. The average Bonchev–Trinajstić information content (AvgIpc) is 2.37. The minimum atomic E-state index is -0.353. The zero-order valence-electron chi connectivity index (χ0n) is 9.89. The highest BCUT2D eigenvalue weighted by Crippen LogP contribution is 2.12. The van der Waals surface area contributed by atoms with E-state index < -0.39 is 0 Å². The molecule has 4 nitrogen and oxygen atoms in total. The number of carbonyl (C=O) groups is 1. The molecule has 0 aliphatic heterocycles. The van der Waals surface area contributed by atoms with Crippen LogP contribution in [0.1, 0.15) is 12.0 Å². The highest BCUT2D eigenvalue weighted by Gasteiger charge is 1.96. The molecule has 0 spiro atoms. The molecule has 0 bridgehead atoms. The van der Waals surface area contributed by atoms with Gasteiger partial charge in [-0.3, -0.25) is 0 Å². The molecule has 1 rings (SSSR count). The molecule has 0 saturated carbocycles. The van der Waals surface area contributed by atoms with Crippen LogP contribution in [0.2, 0.25) is 0 Å². The second-order valence-corrected chi connectivity index (χ2v) is 3.42. The van der Waals surface area contributed by atoms with Gasteiger partial charge in [0.2, 0.25) is 0 Å². The van der Waals surface area contributed by atoms with E-state index in [4.69, 9.17) is 15.2 Å². The number of nitrogens with two attached hydrogens (primary N) is 1. The largest absolute Gasteiger partial charge is 0.497 e. The van der Waals surface area contributed by atoms with Crippen molar-refractivity contribution in [2.75, 3.05) is 20.3 Å². The highest BCUT2D eigenvalue weighted by molar-refractivity contribution is 5.87. The van der Waals surface area contributed by atoms with Crippen LogP contribution in [0.25, 0.3) is 6.08 Å². The summed E-state index contributed by atoms with van der Waals surface area (Å²) >= 11 is 0. The molecule has 1 aromatic rings. The zero-order valence-corrected chi connectivity index (χ0v) is 9.89. The Labute approximate surface area is 101 Å². The van der Waals surface area contributed by atoms with Crippen molar-refractivity contribution in [2.45, 2.75) is 6.42 Å². The van der Waals surface area contributed by atoms with Gasteiger partial charge >= 0.3 is 5.97 Å². The van der Waals surface area contributed by atoms with Gasteiger partial charge in [0.05, 0.1) is 13.7 Å². The predicted octanol–water partition coefficient (Wildman–Crippen LogP) is 1.60. The van der Waals surface area contributed by atoms with Crippen LogP contribution in [0.5, 0.6) is 5.75 Å². The van der Waals surface area contributed by atoms with Crippen LogP contribution in [-0.4, -0.2) is 26.2 Å². The molecule has 0 fully saturated rings. The molecule has 0 atom stereocenters. The second kappa shape index (κ2) is 7.46. The summed E-state index contributed by atoms with van der Waals surface area (Å²) in [5.74, 6) is 0.432. The van der Waals surface area contributed by atoms with Crippen LogP contribution in [0, 0.1) is 0 Å². The quantitative estimate of drug-likeness (QED) is 0.462. The first-order valence-electron chi connectivity index (χ1n) is 5.45. The van der Waals surface area contributed by atoms with Crippen molar-refractivity contribution >= 4 is 12.0 Å². The van der Waals surface area contributed by atoms with Crippen LogP contribution in [0.4, 0.5) is 0 Å². The summed E-state index contributed by atoms with van der Waals surface area (Å²) in [5, 5.41) is 0. The minimum absolute atomic E-state index is 0.353. The van der Waals surface area contributed by atoms with Crippen molar-refractivity contribution in [1.29, 1.82) is 0 Å². The number of ether oxygens (including phenoxy) is 2. The number of methoxy groups -OCH3 is 1. The topological polar surface area (TPSA) is 61.5 Å². The fourth-order valence-corrected chi connectivity index (χ4v) is 1.18. The molecular formula is C13H17NO3. The van der Waals surface area contributed by atoms with Crippen LogP contribution in [-0.2, 0) is 9.53 Å². The van der Waals surface area contributed by atoms with Crippen molar-refractivity contribution in [3.05, 3.63) is 35.9 Å². The molecule has 0 radical (unpaired) electrons.